The van der Waals surface area contributed by atoms with Gasteiger partial charge < -0.3 is 15.4 Å². The number of nitrogen functional groups attached to an aromatic ring is 1. The van der Waals surface area contributed by atoms with Crippen molar-refractivity contribution in [2.24, 2.45) is 0 Å². The molecular weight excluding hydrogens is 340 g/mol. The molecule has 0 saturated carbocycles. The van der Waals surface area contributed by atoms with Gasteiger partial charge in [-0.15, -0.1) is 11.3 Å². The Morgan fingerprint density at radius 2 is 2.20 bits per heavy atom. The number of rotatable bonds is 4. The van der Waals surface area contributed by atoms with Crippen molar-refractivity contribution in [3.8, 4) is 0 Å². The summed E-state index contributed by atoms with van der Waals surface area (Å²) in [6.45, 7) is 0.765. The van der Waals surface area contributed by atoms with Crippen LogP contribution in [0, 0.1) is 0 Å². The molecule has 1 aromatic carbocycles. The number of halogens is 1. The Hall–Kier alpha value is -1.53. The highest BCUT2D eigenvalue weighted by atomic mass is 79.9. The van der Waals surface area contributed by atoms with Gasteiger partial charge in [0, 0.05) is 33.2 Å². The summed E-state index contributed by atoms with van der Waals surface area (Å²) in [6, 6.07) is 7.45. The van der Waals surface area contributed by atoms with E-state index >= 15 is 0 Å². The molecular formula is C14H15BrN2O2S. The Labute approximate surface area is 130 Å². The van der Waals surface area contributed by atoms with Gasteiger partial charge in [0.25, 0.3) is 0 Å². The highest BCUT2D eigenvalue weighted by Crippen LogP contribution is 2.25. The highest BCUT2D eigenvalue weighted by molar-refractivity contribution is 9.10. The van der Waals surface area contributed by atoms with E-state index in [1.54, 1.807) is 23.5 Å². The van der Waals surface area contributed by atoms with Crippen LogP contribution in [0.4, 0.5) is 11.4 Å². The molecule has 4 nitrogen and oxygen atoms in total. The third-order valence-electron chi connectivity index (χ3n) is 2.90. The molecule has 2 aromatic rings. The molecule has 1 aromatic heterocycles. The third-order valence-corrected chi connectivity index (χ3v) is 4.58. The van der Waals surface area contributed by atoms with Gasteiger partial charge in [-0.05, 0) is 40.2 Å². The Morgan fingerprint density at radius 1 is 1.45 bits per heavy atom. The number of hydrogen-bond donors (Lipinski definition) is 1. The summed E-state index contributed by atoms with van der Waals surface area (Å²) < 4.78 is 5.81. The van der Waals surface area contributed by atoms with E-state index in [1.807, 2.05) is 18.5 Å². The van der Waals surface area contributed by atoms with Crippen molar-refractivity contribution in [2.75, 3.05) is 24.8 Å². The standard InChI is InChI=1S/C14H15BrN2O2S/c1-17(7-11-5-9(15)8-20-11)10-3-4-13(16)12(6-10)14(18)19-2/h3-6,8H,7,16H2,1-2H3. The molecule has 0 amide bonds. The Kier molecular flexibility index (Phi) is 4.67. The zero-order chi connectivity index (χ0) is 14.7. The van der Waals surface area contributed by atoms with E-state index in [9.17, 15) is 4.79 Å². The first kappa shape index (κ1) is 14.9. The molecule has 20 heavy (non-hydrogen) atoms. The van der Waals surface area contributed by atoms with E-state index in [-0.39, 0.29) is 0 Å². The van der Waals surface area contributed by atoms with Crippen LogP contribution >= 0.6 is 27.3 Å². The molecule has 6 heteroatoms. The number of methoxy groups -OCH3 is 1. The van der Waals surface area contributed by atoms with Crippen molar-refractivity contribution in [3.05, 3.63) is 44.6 Å². The number of nitrogens with two attached hydrogens (primary N) is 1. The van der Waals surface area contributed by atoms with E-state index in [4.69, 9.17) is 10.5 Å². The van der Waals surface area contributed by atoms with Crippen LogP contribution in [0.25, 0.3) is 0 Å². The summed E-state index contributed by atoms with van der Waals surface area (Å²) in [6.07, 6.45) is 0. The first-order chi connectivity index (χ1) is 9.51. The van der Waals surface area contributed by atoms with Crippen LogP contribution in [0.1, 0.15) is 15.2 Å². The molecule has 2 rings (SSSR count). The van der Waals surface area contributed by atoms with Crippen LogP contribution in [0.2, 0.25) is 0 Å². The maximum atomic E-state index is 11.6. The molecule has 2 N–H and O–H groups in total. The lowest BCUT2D eigenvalue weighted by molar-refractivity contribution is 0.0602. The van der Waals surface area contributed by atoms with E-state index in [0.29, 0.717) is 11.3 Å². The van der Waals surface area contributed by atoms with Gasteiger partial charge in [-0.25, -0.2) is 4.79 Å². The minimum Gasteiger partial charge on any atom is -0.465 e. The Bertz CT molecular complexity index is 627. The molecule has 0 spiro atoms. The van der Waals surface area contributed by atoms with Crippen molar-refractivity contribution in [1.29, 1.82) is 0 Å². The summed E-state index contributed by atoms with van der Waals surface area (Å²) in [7, 11) is 3.32. The number of carbonyl (C=O) groups is 1. The zero-order valence-corrected chi connectivity index (χ0v) is 13.6. The summed E-state index contributed by atoms with van der Waals surface area (Å²) in [5.41, 5.74) is 7.54. The molecule has 0 fully saturated rings. The van der Waals surface area contributed by atoms with E-state index in [1.165, 1.54) is 12.0 Å². The second kappa shape index (κ2) is 6.28. The van der Waals surface area contributed by atoms with Gasteiger partial charge in [0.05, 0.1) is 19.2 Å². The second-order valence-corrected chi connectivity index (χ2v) is 6.26. The van der Waals surface area contributed by atoms with Crippen LogP contribution in [-0.4, -0.2) is 20.1 Å². The number of nitrogens with zero attached hydrogens (tertiary/aromatic N) is 1. The summed E-state index contributed by atoms with van der Waals surface area (Å²) in [5, 5.41) is 2.05. The highest BCUT2D eigenvalue weighted by Gasteiger charge is 2.13. The molecule has 0 atom stereocenters. The number of carbonyl (C=O) groups excluding carboxylic acids is 1. The van der Waals surface area contributed by atoms with Gasteiger partial charge in [0.1, 0.15) is 0 Å². The minimum absolute atomic E-state index is 0.393. The van der Waals surface area contributed by atoms with Crippen LogP contribution in [0.5, 0.6) is 0 Å². The minimum atomic E-state index is -0.420. The number of benzene rings is 1. The monoisotopic (exact) mass is 354 g/mol. The fourth-order valence-corrected chi connectivity index (χ4v) is 3.33. The second-order valence-electron chi connectivity index (χ2n) is 4.35. The summed E-state index contributed by atoms with van der Waals surface area (Å²) in [5.74, 6) is -0.420. The van der Waals surface area contributed by atoms with E-state index in [0.717, 1.165) is 16.7 Å². The lowest BCUT2D eigenvalue weighted by Gasteiger charge is -2.19. The van der Waals surface area contributed by atoms with E-state index in [2.05, 4.69) is 26.9 Å². The Balaban J connectivity index is 2.21. The number of esters is 1. The van der Waals surface area contributed by atoms with Crippen LogP contribution in [-0.2, 0) is 11.3 Å². The first-order valence-corrected chi connectivity index (χ1v) is 7.60. The van der Waals surface area contributed by atoms with Crippen molar-refractivity contribution < 1.29 is 9.53 Å². The van der Waals surface area contributed by atoms with Crippen molar-refractivity contribution >= 4 is 44.6 Å². The van der Waals surface area contributed by atoms with Crippen LogP contribution < -0.4 is 10.6 Å². The lowest BCUT2D eigenvalue weighted by atomic mass is 10.1. The normalized spacial score (nSPS) is 10.3. The molecule has 1 heterocycles. The molecule has 0 aliphatic rings. The number of hydrogen-bond acceptors (Lipinski definition) is 5. The Morgan fingerprint density at radius 3 is 2.80 bits per heavy atom. The molecule has 0 unspecified atom stereocenters. The third kappa shape index (κ3) is 3.32. The van der Waals surface area contributed by atoms with Crippen molar-refractivity contribution in [2.45, 2.75) is 6.54 Å². The predicted octanol–water partition coefficient (Wildman–Crippen LogP) is 3.52. The lowest BCUT2D eigenvalue weighted by Crippen LogP contribution is -2.16. The topological polar surface area (TPSA) is 55.6 Å². The van der Waals surface area contributed by atoms with Gasteiger partial charge in [-0.1, -0.05) is 0 Å². The zero-order valence-electron chi connectivity index (χ0n) is 11.2. The molecule has 0 saturated heterocycles. The molecule has 0 aliphatic carbocycles. The summed E-state index contributed by atoms with van der Waals surface area (Å²) in [4.78, 5) is 14.9. The maximum absolute atomic E-state index is 11.6. The quantitative estimate of drug-likeness (QED) is 0.674. The fourth-order valence-electron chi connectivity index (χ4n) is 1.83. The van der Waals surface area contributed by atoms with Crippen molar-refractivity contribution in [3.63, 3.8) is 0 Å². The molecule has 106 valence electrons. The van der Waals surface area contributed by atoms with Crippen LogP contribution in [0.15, 0.2) is 34.1 Å². The largest absolute Gasteiger partial charge is 0.465 e. The fraction of sp³-hybridized carbons (Fsp3) is 0.214. The van der Waals surface area contributed by atoms with Gasteiger partial charge in [-0.3, -0.25) is 0 Å². The van der Waals surface area contributed by atoms with Crippen LogP contribution in [0.3, 0.4) is 0 Å². The molecule has 0 bridgehead atoms. The first-order valence-electron chi connectivity index (χ1n) is 5.93. The van der Waals surface area contributed by atoms with Gasteiger partial charge in [0.2, 0.25) is 0 Å². The van der Waals surface area contributed by atoms with E-state index < -0.39 is 5.97 Å². The SMILES string of the molecule is COC(=O)c1cc(N(C)Cc2cc(Br)cs2)ccc1N. The molecule has 0 aliphatic heterocycles. The van der Waals surface area contributed by atoms with Crippen molar-refractivity contribution in [1.82, 2.24) is 0 Å². The number of thiophene rings is 1. The number of ether oxygens (including phenoxy) is 1. The summed E-state index contributed by atoms with van der Waals surface area (Å²) >= 11 is 5.13. The van der Waals surface area contributed by atoms with Gasteiger partial charge in [0.15, 0.2) is 0 Å². The maximum Gasteiger partial charge on any atom is 0.340 e. The van der Waals surface area contributed by atoms with Gasteiger partial charge >= 0.3 is 5.97 Å². The molecule has 0 radical (unpaired) electrons. The predicted molar refractivity (Wildman–Crippen MR) is 86.3 cm³/mol. The smallest absolute Gasteiger partial charge is 0.340 e. The average Bonchev–Trinajstić information content (AvgIpc) is 2.83. The van der Waals surface area contributed by atoms with Gasteiger partial charge in [-0.2, -0.15) is 0 Å². The number of anilines is 2. The average molecular weight is 355 g/mol.